The number of likely N-dealkylation sites (N-methyl/N-ethyl adjacent to an activating group) is 1. The quantitative estimate of drug-likeness (QED) is 0.824. The fourth-order valence-electron chi connectivity index (χ4n) is 1.67. The minimum absolute atomic E-state index is 0.0119. The zero-order valence-corrected chi connectivity index (χ0v) is 12.8. The monoisotopic (exact) mass is 341 g/mol. The van der Waals surface area contributed by atoms with Gasteiger partial charge in [-0.25, -0.2) is 4.39 Å². The minimum atomic E-state index is -0.239. The smallest absolute Gasteiger partial charge is 0.263 e. The van der Waals surface area contributed by atoms with Gasteiger partial charge in [-0.05, 0) is 52.2 Å². The van der Waals surface area contributed by atoms with Crippen LogP contribution in [0.1, 0.15) is 15.2 Å². The maximum atomic E-state index is 12.8. The Morgan fingerprint density at radius 2 is 1.95 bits per heavy atom. The lowest BCUT2D eigenvalue weighted by Gasteiger charge is -2.16. The highest BCUT2D eigenvalue weighted by Crippen LogP contribution is 2.23. The molecule has 0 radical (unpaired) electrons. The lowest BCUT2D eigenvalue weighted by Crippen LogP contribution is -2.28. The molecule has 0 atom stereocenters. The fraction of sp³-hybridized carbons (Fsp3) is 0.214. The van der Waals surface area contributed by atoms with E-state index >= 15 is 0 Å². The normalized spacial score (nSPS) is 10.5. The van der Waals surface area contributed by atoms with Gasteiger partial charge in [0.25, 0.3) is 5.91 Å². The van der Waals surface area contributed by atoms with E-state index in [4.69, 9.17) is 0 Å². The molecule has 1 heterocycles. The lowest BCUT2D eigenvalue weighted by atomic mass is 10.1. The molecule has 0 fully saturated rings. The summed E-state index contributed by atoms with van der Waals surface area (Å²) < 4.78 is 13.7. The summed E-state index contributed by atoms with van der Waals surface area (Å²) in [5, 5.41) is 0. The highest BCUT2D eigenvalue weighted by atomic mass is 79.9. The van der Waals surface area contributed by atoms with Gasteiger partial charge in [0, 0.05) is 13.6 Å². The molecule has 0 saturated carbocycles. The van der Waals surface area contributed by atoms with Crippen molar-refractivity contribution in [2.24, 2.45) is 0 Å². The Labute approximate surface area is 124 Å². The zero-order valence-electron chi connectivity index (χ0n) is 10.4. The minimum Gasteiger partial charge on any atom is -0.341 e. The standard InChI is InChI=1S/C14H13BrFNOS/c1-17(14(18)12-6-7-13(15)19-12)9-8-10-2-4-11(16)5-3-10/h2-7H,8-9H2,1H3. The lowest BCUT2D eigenvalue weighted by molar-refractivity contribution is 0.0801. The van der Waals surface area contributed by atoms with E-state index in [1.54, 1.807) is 24.1 Å². The average Bonchev–Trinajstić information content (AvgIpc) is 2.83. The van der Waals surface area contributed by atoms with Crippen LogP contribution in [0, 0.1) is 5.82 Å². The maximum Gasteiger partial charge on any atom is 0.263 e. The highest BCUT2D eigenvalue weighted by Gasteiger charge is 2.13. The Balaban J connectivity index is 1.92. The van der Waals surface area contributed by atoms with Gasteiger partial charge >= 0.3 is 0 Å². The Morgan fingerprint density at radius 1 is 1.26 bits per heavy atom. The number of thiophene rings is 1. The molecule has 1 aromatic carbocycles. The van der Waals surface area contributed by atoms with Crippen LogP contribution in [-0.4, -0.2) is 24.4 Å². The Hall–Kier alpha value is -1.20. The van der Waals surface area contributed by atoms with E-state index in [2.05, 4.69) is 15.9 Å². The molecule has 2 aromatic rings. The third kappa shape index (κ3) is 3.88. The van der Waals surface area contributed by atoms with E-state index in [0.717, 1.165) is 15.8 Å². The van der Waals surface area contributed by atoms with E-state index in [1.807, 2.05) is 12.1 Å². The van der Waals surface area contributed by atoms with E-state index < -0.39 is 0 Å². The van der Waals surface area contributed by atoms with Gasteiger partial charge < -0.3 is 4.90 Å². The summed E-state index contributed by atoms with van der Waals surface area (Å²) in [5.74, 6) is -0.227. The van der Waals surface area contributed by atoms with Crippen LogP contribution < -0.4 is 0 Å². The molecule has 19 heavy (non-hydrogen) atoms. The summed E-state index contributed by atoms with van der Waals surface area (Å²) in [7, 11) is 1.78. The van der Waals surface area contributed by atoms with Gasteiger partial charge in [-0.3, -0.25) is 4.79 Å². The summed E-state index contributed by atoms with van der Waals surface area (Å²) in [5.41, 5.74) is 1.02. The predicted octanol–water partition coefficient (Wildman–Crippen LogP) is 3.96. The predicted molar refractivity (Wildman–Crippen MR) is 79.1 cm³/mol. The highest BCUT2D eigenvalue weighted by molar-refractivity contribution is 9.11. The topological polar surface area (TPSA) is 20.3 Å². The van der Waals surface area contributed by atoms with E-state index in [1.165, 1.54) is 23.5 Å². The molecule has 1 aromatic heterocycles. The van der Waals surface area contributed by atoms with Gasteiger partial charge in [0.05, 0.1) is 8.66 Å². The third-order valence-electron chi connectivity index (χ3n) is 2.78. The molecular weight excluding hydrogens is 329 g/mol. The number of hydrogen-bond acceptors (Lipinski definition) is 2. The van der Waals surface area contributed by atoms with Crippen LogP contribution in [0.15, 0.2) is 40.2 Å². The molecule has 100 valence electrons. The molecule has 1 amide bonds. The van der Waals surface area contributed by atoms with Crippen molar-refractivity contribution in [3.8, 4) is 0 Å². The second-order valence-electron chi connectivity index (χ2n) is 4.21. The Morgan fingerprint density at radius 3 is 2.53 bits per heavy atom. The van der Waals surface area contributed by atoms with Gasteiger partial charge in [0.1, 0.15) is 5.82 Å². The number of halogens is 2. The van der Waals surface area contributed by atoms with Gasteiger partial charge in [0.15, 0.2) is 0 Å². The van der Waals surface area contributed by atoms with Crippen LogP contribution in [0.4, 0.5) is 4.39 Å². The van der Waals surface area contributed by atoms with Gasteiger partial charge in [-0.1, -0.05) is 12.1 Å². The number of nitrogens with zero attached hydrogens (tertiary/aromatic N) is 1. The van der Waals surface area contributed by atoms with Gasteiger partial charge in [-0.15, -0.1) is 11.3 Å². The van der Waals surface area contributed by atoms with Gasteiger partial charge in [0.2, 0.25) is 0 Å². The van der Waals surface area contributed by atoms with Crippen molar-refractivity contribution in [1.82, 2.24) is 4.90 Å². The molecule has 0 aliphatic heterocycles. The Kier molecular flexibility index (Phi) is 4.71. The second kappa shape index (κ2) is 6.30. The van der Waals surface area contributed by atoms with Crippen molar-refractivity contribution in [1.29, 1.82) is 0 Å². The second-order valence-corrected chi connectivity index (χ2v) is 6.67. The molecule has 0 N–H and O–H groups in total. The molecule has 2 rings (SSSR count). The fourth-order valence-corrected chi connectivity index (χ4v) is 3.05. The summed E-state index contributed by atoms with van der Waals surface area (Å²) in [6.45, 7) is 0.611. The number of carbonyl (C=O) groups is 1. The first kappa shape index (κ1) is 14.2. The number of benzene rings is 1. The van der Waals surface area contributed by atoms with Crippen molar-refractivity contribution in [3.05, 3.63) is 56.4 Å². The third-order valence-corrected chi connectivity index (χ3v) is 4.39. The van der Waals surface area contributed by atoms with Crippen LogP contribution in [0.3, 0.4) is 0 Å². The van der Waals surface area contributed by atoms with Crippen LogP contribution in [-0.2, 0) is 6.42 Å². The van der Waals surface area contributed by atoms with E-state index in [0.29, 0.717) is 11.4 Å². The number of rotatable bonds is 4. The molecule has 0 aliphatic rings. The van der Waals surface area contributed by atoms with Crippen molar-refractivity contribution in [2.45, 2.75) is 6.42 Å². The van der Waals surface area contributed by atoms with Crippen LogP contribution >= 0.6 is 27.3 Å². The largest absolute Gasteiger partial charge is 0.341 e. The molecular formula is C14H13BrFNOS. The van der Waals surface area contributed by atoms with Crippen molar-refractivity contribution >= 4 is 33.2 Å². The average molecular weight is 342 g/mol. The zero-order chi connectivity index (χ0) is 13.8. The maximum absolute atomic E-state index is 12.8. The van der Waals surface area contributed by atoms with Crippen LogP contribution in [0.5, 0.6) is 0 Å². The molecule has 0 saturated heterocycles. The molecule has 2 nitrogen and oxygen atoms in total. The molecule has 0 spiro atoms. The van der Waals surface area contributed by atoms with Crippen LogP contribution in [0.2, 0.25) is 0 Å². The summed E-state index contributed by atoms with van der Waals surface area (Å²) in [6, 6.07) is 10.0. The molecule has 0 bridgehead atoms. The number of amides is 1. The van der Waals surface area contributed by atoms with Gasteiger partial charge in [-0.2, -0.15) is 0 Å². The SMILES string of the molecule is CN(CCc1ccc(F)cc1)C(=O)c1ccc(Br)s1. The number of hydrogen-bond donors (Lipinski definition) is 0. The first-order valence-corrected chi connectivity index (χ1v) is 7.42. The van der Waals surface area contributed by atoms with Crippen molar-refractivity contribution < 1.29 is 9.18 Å². The van der Waals surface area contributed by atoms with Crippen molar-refractivity contribution in [3.63, 3.8) is 0 Å². The molecule has 0 unspecified atom stereocenters. The molecule has 0 aliphatic carbocycles. The van der Waals surface area contributed by atoms with Crippen LogP contribution in [0.25, 0.3) is 0 Å². The number of carbonyl (C=O) groups excluding carboxylic acids is 1. The van der Waals surface area contributed by atoms with E-state index in [9.17, 15) is 9.18 Å². The first-order valence-electron chi connectivity index (χ1n) is 5.81. The summed E-state index contributed by atoms with van der Waals surface area (Å²) >= 11 is 4.77. The Bertz CT molecular complexity index is 567. The first-order chi connectivity index (χ1) is 9.06. The van der Waals surface area contributed by atoms with E-state index in [-0.39, 0.29) is 11.7 Å². The van der Waals surface area contributed by atoms with Crippen molar-refractivity contribution in [2.75, 3.05) is 13.6 Å². The summed E-state index contributed by atoms with van der Waals surface area (Å²) in [6.07, 6.45) is 0.717. The summed E-state index contributed by atoms with van der Waals surface area (Å²) in [4.78, 5) is 14.5. The molecule has 5 heteroatoms.